The summed E-state index contributed by atoms with van der Waals surface area (Å²) in [6.45, 7) is 7.58. The highest BCUT2D eigenvalue weighted by atomic mass is 16.2. The van der Waals surface area contributed by atoms with E-state index in [1.807, 2.05) is 23.1 Å². The second kappa shape index (κ2) is 6.22. The van der Waals surface area contributed by atoms with Crippen LogP contribution >= 0.6 is 0 Å². The number of rotatable bonds is 2. The minimum absolute atomic E-state index is 0.106. The number of nitrogens with one attached hydrogen (secondary N) is 1. The Bertz CT molecular complexity index is 623. The number of anilines is 1. The molecule has 1 saturated heterocycles. The Labute approximate surface area is 138 Å². The number of amides is 1. The second-order valence-electron chi connectivity index (χ2n) is 7.16. The predicted molar refractivity (Wildman–Crippen MR) is 93.8 cm³/mol. The minimum atomic E-state index is 0.106. The number of likely N-dealkylation sites (tertiary alicyclic amines) is 1. The largest absolute Gasteiger partial charge is 0.347 e. The van der Waals surface area contributed by atoms with Gasteiger partial charge in [-0.2, -0.15) is 0 Å². The summed E-state index contributed by atoms with van der Waals surface area (Å²) in [5.74, 6) is 0.936. The zero-order valence-electron chi connectivity index (χ0n) is 14.3. The zero-order chi connectivity index (χ0) is 16.4. The Morgan fingerprint density at radius 1 is 1.30 bits per heavy atom. The molecule has 0 aromatic heterocycles. The van der Waals surface area contributed by atoms with Crippen LogP contribution in [0.4, 0.5) is 5.69 Å². The van der Waals surface area contributed by atoms with Gasteiger partial charge in [0.15, 0.2) is 5.96 Å². The number of para-hydroxylation sites is 1. The molecule has 0 bridgehead atoms. The van der Waals surface area contributed by atoms with Crippen molar-refractivity contribution in [2.45, 2.75) is 26.7 Å². The van der Waals surface area contributed by atoms with E-state index in [9.17, 15) is 4.79 Å². The standard InChI is InChI=1S/C18H26N4O/c1-18(2)9-11-21(13-18)17(19-3)20-12-16(23)22-10-8-14-6-4-5-7-15(14)22/h4-7H,8-13H2,1-3H3,(H,19,20). The summed E-state index contributed by atoms with van der Waals surface area (Å²) in [5, 5.41) is 3.24. The number of carbonyl (C=O) groups excluding carboxylic acids is 1. The van der Waals surface area contributed by atoms with Crippen LogP contribution in [0.1, 0.15) is 25.8 Å². The van der Waals surface area contributed by atoms with Crippen molar-refractivity contribution in [3.8, 4) is 0 Å². The first-order valence-corrected chi connectivity index (χ1v) is 8.34. The van der Waals surface area contributed by atoms with Gasteiger partial charge in [-0.1, -0.05) is 32.0 Å². The molecule has 0 spiro atoms. The summed E-state index contributed by atoms with van der Waals surface area (Å²) in [5.41, 5.74) is 2.62. The molecule has 0 saturated carbocycles. The van der Waals surface area contributed by atoms with Gasteiger partial charge in [-0.15, -0.1) is 0 Å². The van der Waals surface area contributed by atoms with E-state index in [4.69, 9.17) is 0 Å². The van der Waals surface area contributed by atoms with Gasteiger partial charge in [-0.25, -0.2) is 0 Å². The van der Waals surface area contributed by atoms with Gasteiger partial charge < -0.3 is 15.1 Å². The van der Waals surface area contributed by atoms with E-state index >= 15 is 0 Å². The molecule has 5 heteroatoms. The third-order valence-corrected chi connectivity index (χ3v) is 4.77. The SMILES string of the molecule is CN=C(NCC(=O)N1CCc2ccccc21)N1CCC(C)(C)C1. The molecule has 1 amide bonds. The molecule has 2 aliphatic rings. The molecule has 23 heavy (non-hydrogen) atoms. The molecule has 1 fully saturated rings. The monoisotopic (exact) mass is 314 g/mol. The van der Waals surface area contributed by atoms with Crippen molar-refractivity contribution < 1.29 is 4.79 Å². The van der Waals surface area contributed by atoms with Crippen LogP contribution in [0.3, 0.4) is 0 Å². The summed E-state index contributed by atoms with van der Waals surface area (Å²) in [6, 6.07) is 8.14. The number of aliphatic imine (C=N–C) groups is 1. The summed E-state index contributed by atoms with van der Waals surface area (Å²) in [4.78, 5) is 21.0. The van der Waals surface area contributed by atoms with Gasteiger partial charge in [0.25, 0.3) is 0 Å². The lowest BCUT2D eigenvalue weighted by Gasteiger charge is -2.24. The van der Waals surface area contributed by atoms with Crippen LogP contribution in [-0.4, -0.2) is 50.0 Å². The highest BCUT2D eigenvalue weighted by Crippen LogP contribution is 2.29. The molecular weight excluding hydrogens is 288 g/mol. The average Bonchev–Trinajstić information content (AvgIpc) is 3.11. The normalized spacial score (nSPS) is 19.9. The molecule has 124 valence electrons. The first kappa shape index (κ1) is 15.8. The Morgan fingerprint density at radius 2 is 2.09 bits per heavy atom. The molecule has 0 radical (unpaired) electrons. The summed E-state index contributed by atoms with van der Waals surface area (Å²) < 4.78 is 0. The van der Waals surface area contributed by atoms with Gasteiger partial charge in [0.2, 0.25) is 5.91 Å². The van der Waals surface area contributed by atoms with Crippen LogP contribution in [0.15, 0.2) is 29.3 Å². The van der Waals surface area contributed by atoms with Gasteiger partial charge in [-0.05, 0) is 29.9 Å². The predicted octanol–water partition coefficient (Wildman–Crippen LogP) is 1.88. The van der Waals surface area contributed by atoms with Gasteiger partial charge in [0.1, 0.15) is 0 Å². The van der Waals surface area contributed by atoms with Crippen molar-refractivity contribution in [3.63, 3.8) is 0 Å². The quantitative estimate of drug-likeness (QED) is 0.670. The Kier molecular flexibility index (Phi) is 4.28. The second-order valence-corrected chi connectivity index (χ2v) is 7.16. The van der Waals surface area contributed by atoms with E-state index in [-0.39, 0.29) is 12.5 Å². The van der Waals surface area contributed by atoms with Crippen molar-refractivity contribution in [2.24, 2.45) is 10.4 Å². The lowest BCUT2D eigenvalue weighted by molar-refractivity contribution is -0.117. The van der Waals surface area contributed by atoms with Crippen LogP contribution in [0, 0.1) is 5.41 Å². The smallest absolute Gasteiger partial charge is 0.246 e. The molecule has 1 aromatic carbocycles. The number of guanidine groups is 1. The van der Waals surface area contributed by atoms with Crippen molar-refractivity contribution >= 4 is 17.6 Å². The van der Waals surface area contributed by atoms with E-state index in [1.165, 1.54) is 5.56 Å². The molecule has 1 N–H and O–H groups in total. The molecule has 0 aliphatic carbocycles. The molecule has 0 unspecified atom stereocenters. The van der Waals surface area contributed by atoms with E-state index in [0.717, 1.165) is 44.1 Å². The lowest BCUT2D eigenvalue weighted by atomic mass is 9.93. The third kappa shape index (κ3) is 3.33. The van der Waals surface area contributed by atoms with Crippen LogP contribution in [0.5, 0.6) is 0 Å². The van der Waals surface area contributed by atoms with Crippen molar-refractivity contribution in [2.75, 3.05) is 38.1 Å². The maximum atomic E-state index is 12.6. The molecule has 0 atom stereocenters. The third-order valence-electron chi connectivity index (χ3n) is 4.77. The van der Waals surface area contributed by atoms with Crippen LogP contribution in [0.2, 0.25) is 0 Å². The fourth-order valence-corrected chi connectivity index (χ4v) is 3.47. The van der Waals surface area contributed by atoms with Crippen LogP contribution in [-0.2, 0) is 11.2 Å². The Morgan fingerprint density at radius 3 is 2.78 bits per heavy atom. The van der Waals surface area contributed by atoms with Gasteiger partial charge in [0.05, 0.1) is 6.54 Å². The fraction of sp³-hybridized carbons (Fsp3) is 0.556. The average molecular weight is 314 g/mol. The summed E-state index contributed by atoms with van der Waals surface area (Å²) in [6.07, 6.45) is 2.10. The number of nitrogens with zero attached hydrogens (tertiary/aromatic N) is 3. The van der Waals surface area contributed by atoms with E-state index < -0.39 is 0 Å². The van der Waals surface area contributed by atoms with Crippen LogP contribution < -0.4 is 10.2 Å². The summed E-state index contributed by atoms with van der Waals surface area (Å²) in [7, 11) is 1.78. The molecule has 3 rings (SSSR count). The lowest BCUT2D eigenvalue weighted by Crippen LogP contribution is -2.46. The van der Waals surface area contributed by atoms with Gasteiger partial charge >= 0.3 is 0 Å². The highest BCUT2D eigenvalue weighted by molar-refractivity contribution is 5.98. The number of hydrogen-bond donors (Lipinski definition) is 1. The first-order valence-electron chi connectivity index (χ1n) is 8.34. The van der Waals surface area contributed by atoms with E-state index in [1.54, 1.807) is 7.05 Å². The molecule has 2 heterocycles. The highest BCUT2D eigenvalue weighted by Gasteiger charge is 2.31. The van der Waals surface area contributed by atoms with Crippen molar-refractivity contribution in [1.82, 2.24) is 10.2 Å². The number of hydrogen-bond acceptors (Lipinski definition) is 2. The number of fused-ring (bicyclic) bond motifs is 1. The maximum Gasteiger partial charge on any atom is 0.246 e. The van der Waals surface area contributed by atoms with Crippen molar-refractivity contribution in [3.05, 3.63) is 29.8 Å². The van der Waals surface area contributed by atoms with Gasteiger partial charge in [0, 0.05) is 32.4 Å². The molecule has 2 aliphatic heterocycles. The Balaban J connectivity index is 1.59. The molecule has 1 aromatic rings. The zero-order valence-corrected chi connectivity index (χ0v) is 14.3. The van der Waals surface area contributed by atoms with Crippen molar-refractivity contribution in [1.29, 1.82) is 0 Å². The topological polar surface area (TPSA) is 47.9 Å². The molecular formula is C18H26N4O. The fourth-order valence-electron chi connectivity index (χ4n) is 3.47. The Hall–Kier alpha value is -2.04. The maximum absolute atomic E-state index is 12.6. The first-order chi connectivity index (χ1) is 11.0. The minimum Gasteiger partial charge on any atom is -0.347 e. The van der Waals surface area contributed by atoms with E-state index in [2.05, 4.69) is 35.1 Å². The number of benzene rings is 1. The molecule has 5 nitrogen and oxygen atoms in total. The van der Waals surface area contributed by atoms with Crippen LogP contribution in [0.25, 0.3) is 0 Å². The van der Waals surface area contributed by atoms with Gasteiger partial charge in [-0.3, -0.25) is 9.79 Å². The van der Waals surface area contributed by atoms with E-state index in [0.29, 0.717) is 5.41 Å². The number of carbonyl (C=O) groups is 1. The summed E-state index contributed by atoms with van der Waals surface area (Å²) >= 11 is 0.